The number of carbonyl (C=O) groups excluding carboxylic acids is 2. The summed E-state index contributed by atoms with van der Waals surface area (Å²) < 4.78 is 2.15. The van der Waals surface area contributed by atoms with Gasteiger partial charge in [-0.25, -0.2) is 9.67 Å². The molecule has 4 rings (SSSR count). The molecule has 2 amide bonds. The van der Waals surface area contributed by atoms with E-state index in [9.17, 15) is 14.7 Å². The fourth-order valence-electron chi connectivity index (χ4n) is 2.95. The molecule has 3 aromatic rings. The lowest BCUT2D eigenvalue weighted by atomic mass is 10.0. The maximum Gasteiger partial charge on any atom is 0.270 e. The predicted octanol–water partition coefficient (Wildman–Crippen LogP) is 0.526. The minimum Gasteiger partial charge on any atom is -0.369 e. The molecule has 0 bridgehead atoms. The molecule has 0 saturated carbocycles. The number of primary amides is 1. The minimum absolute atomic E-state index is 0.165. The van der Waals surface area contributed by atoms with Crippen LogP contribution in [0.1, 0.15) is 22.5 Å². The molecule has 136 valence electrons. The lowest BCUT2D eigenvalue weighted by molar-refractivity contribution is -0.137. The van der Waals surface area contributed by atoms with E-state index in [0.29, 0.717) is 28.1 Å². The molecule has 0 spiro atoms. The van der Waals surface area contributed by atoms with Crippen LogP contribution in [0.3, 0.4) is 0 Å². The van der Waals surface area contributed by atoms with Crippen molar-refractivity contribution in [2.75, 3.05) is 13.6 Å². The summed E-state index contributed by atoms with van der Waals surface area (Å²) in [5.74, 6) is 4.53. The first kappa shape index (κ1) is 17.2. The highest BCUT2D eigenvalue weighted by atomic mass is 32.1. The van der Waals surface area contributed by atoms with Crippen LogP contribution in [0.2, 0.25) is 0 Å². The SMILES string of the molecule is CN1CCC(O)(C#Cc2cccc(-n3nc(C(N)=O)c4scnc43)c2)C1=O. The van der Waals surface area contributed by atoms with E-state index in [1.165, 1.54) is 20.9 Å². The second-order valence-corrected chi connectivity index (χ2v) is 7.12. The number of rotatable bonds is 2. The number of nitrogens with two attached hydrogens (primary N) is 1. The lowest BCUT2D eigenvalue weighted by Crippen LogP contribution is -2.37. The Kier molecular flexibility index (Phi) is 3.95. The van der Waals surface area contributed by atoms with Crippen molar-refractivity contribution in [1.29, 1.82) is 0 Å². The zero-order valence-electron chi connectivity index (χ0n) is 14.3. The minimum atomic E-state index is -1.65. The van der Waals surface area contributed by atoms with Gasteiger partial charge in [0, 0.05) is 25.6 Å². The maximum atomic E-state index is 12.0. The van der Waals surface area contributed by atoms with E-state index in [-0.39, 0.29) is 12.1 Å². The summed E-state index contributed by atoms with van der Waals surface area (Å²) in [6, 6.07) is 7.08. The highest BCUT2D eigenvalue weighted by Crippen LogP contribution is 2.25. The van der Waals surface area contributed by atoms with Crippen LogP contribution in [0.5, 0.6) is 0 Å². The molecule has 9 heteroatoms. The van der Waals surface area contributed by atoms with E-state index in [2.05, 4.69) is 21.9 Å². The predicted molar refractivity (Wildman–Crippen MR) is 99.3 cm³/mol. The third-order valence-electron chi connectivity index (χ3n) is 4.41. The van der Waals surface area contributed by atoms with E-state index in [4.69, 9.17) is 5.73 Å². The standard InChI is InChI=1S/C18H15N5O3S/c1-22-8-7-18(26,17(22)25)6-5-11-3-2-4-12(9-11)23-16-14(27-10-20-16)13(21-23)15(19)24/h2-4,9-10,26H,7-8H2,1H3,(H2,19,24). The summed E-state index contributed by atoms with van der Waals surface area (Å²) in [6.07, 6.45) is 0.273. The van der Waals surface area contributed by atoms with Crippen LogP contribution in [0, 0.1) is 11.8 Å². The van der Waals surface area contributed by atoms with Crippen LogP contribution in [0.15, 0.2) is 29.8 Å². The first-order valence-corrected chi connectivity index (χ1v) is 9.00. The molecule has 1 unspecified atom stereocenters. The molecule has 0 aliphatic carbocycles. The van der Waals surface area contributed by atoms with Crippen LogP contribution in [0.25, 0.3) is 16.0 Å². The molecule has 3 heterocycles. The van der Waals surface area contributed by atoms with Gasteiger partial charge in [0.1, 0.15) is 4.70 Å². The number of benzene rings is 1. The summed E-state index contributed by atoms with van der Waals surface area (Å²) in [5, 5.41) is 14.7. The Balaban J connectivity index is 1.73. The number of aliphatic hydroxyl groups is 1. The second kappa shape index (κ2) is 6.19. The number of hydrogen-bond acceptors (Lipinski definition) is 6. The number of nitrogens with zero attached hydrogens (tertiary/aromatic N) is 4. The van der Waals surface area contributed by atoms with Crippen LogP contribution in [0.4, 0.5) is 0 Å². The fraction of sp³-hybridized carbons (Fsp3) is 0.222. The van der Waals surface area contributed by atoms with Gasteiger partial charge < -0.3 is 15.7 Å². The quantitative estimate of drug-likeness (QED) is 0.629. The molecule has 3 N–H and O–H groups in total. The lowest BCUT2D eigenvalue weighted by Gasteiger charge is -2.13. The van der Waals surface area contributed by atoms with Crippen LogP contribution >= 0.6 is 11.3 Å². The van der Waals surface area contributed by atoms with Crippen molar-refractivity contribution in [2.45, 2.75) is 12.0 Å². The zero-order valence-corrected chi connectivity index (χ0v) is 15.2. The molecule has 1 aromatic carbocycles. The first-order chi connectivity index (χ1) is 12.9. The molecule has 1 atom stereocenters. The molecule has 1 aliphatic rings. The Morgan fingerprint density at radius 1 is 1.44 bits per heavy atom. The molecule has 8 nitrogen and oxygen atoms in total. The van der Waals surface area contributed by atoms with Crippen molar-refractivity contribution in [3.63, 3.8) is 0 Å². The summed E-state index contributed by atoms with van der Waals surface area (Å²) in [7, 11) is 1.63. The summed E-state index contributed by atoms with van der Waals surface area (Å²) in [6.45, 7) is 0.467. The smallest absolute Gasteiger partial charge is 0.270 e. The zero-order chi connectivity index (χ0) is 19.2. The largest absolute Gasteiger partial charge is 0.369 e. The fourth-order valence-corrected chi connectivity index (χ4v) is 3.70. The Bertz CT molecular complexity index is 1140. The van der Waals surface area contributed by atoms with E-state index in [0.717, 1.165) is 0 Å². The Morgan fingerprint density at radius 3 is 2.96 bits per heavy atom. The van der Waals surface area contributed by atoms with Crippen molar-refractivity contribution >= 4 is 33.5 Å². The number of likely N-dealkylation sites (tertiary alicyclic amines) is 1. The van der Waals surface area contributed by atoms with E-state index < -0.39 is 17.4 Å². The van der Waals surface area contributed by atoms with Gasteiger partial charge in [0.25, 0.3) is 11.8 Å². The first-order valence-electron chi connectivity index (χ1n) is 8.12. The number of amides is 2. The number of fused-ring (bicyclic) bond motifs is 1. The Labute approximate surface area is 158 Å². The number of aromatic nitrogens is 3. The molecule has 1 saturated heterocycles. The summed E-state index contributed by atoms with van der Waals surface area (Å²) >= 11 is 1.29. The third-order valence-corrected chi connectivity index (χ3v) is 5.23. The maximum absolute atomic E-state index is 12.0. The highest BCUT2D eigenvalue weighted by Gasteiger charge is 2.42. The van der Waals surface area contributed by atoms with Gasteiger partial charge in [-0.1, -0.05) is 17.9 Å². The normalized spacial score (nSPS) is 19.3. The van der Waals surface area contributed by atoms with Crippen molar-refractivity contribution in [2.24, 2.45) is 5.73 Å². The molecular weight excluding hydrogens is 366 g/mol. The monoisotopic (exact) mass is 381 g/mol. The Hall–Kier alpha value is -3.22. The van der Waals surface area contributed by atoms with E-state index in [1.54, 1.807) is 36.8 Å². The topological polar surface area (TPSA) is 114 Å². The Morgan fingerprint density at radius 2 is 2.26 bits per heavy atom. The molecular formula is C18H15N5O3S. The summed E-state index contributed by atoms with van der Waals surface area (Å²) in [5.41, 5.74) is 7.30. The third kappa shape index (κ3) is 2.85. The molecule has 27 heavy (non-hydrogen) atoms. The number of carbonyl (C=O) groups is 2. The highest BCUT2D eigenvalue weighted by molar-refractivity contribution is 7.17. The van der Waals surface area contributed by atoms with Gasteiger partial charge >= 0.3 is 0 Å². The van der Waals surface area contributed by atoms with Crippen LogP contribution in [-0.4, -0.2) is 55.8 Å². The van der Waals surface area contributed by atoms with Crippen molar-refractivity contribution in [1.82, 2.24) is 19.7 Å². The van der Waals surface area contributed by atoms with Gasteiger partial charge in [-0.05, 0) is 18.2 Å². The number of likely N-dealkylation sites (N-methyl/N-ethyl adjacent to an activating group) is 1. The molecule has 1 fully saturated rings. The van der Waals surface area contributed by atoms with Gasteiger partial charge in [0.15, 0.2) is 11.3 Å². The van der Waals surface area contributed by atoms with Gasteiger partial charge in [0.2, 0.25) is 5.60 Å². The molecule has 1 aliphatic heterocycles. The number of thiazole rings is 1. The van der Waals surface area contributed by atoms with Crippen LogP contribution < -0.4 is 5.73 Å². The van der Waals surface area contributed by atoms with E-state index in [1.807, 2.05) is 0 Å². The average Bonchev–Trinajstić information content (AvgIpc) is 3.32. The number of hydrogen-bond donors (Lipinski definition) is 2. The average molecular weight is 381 g/mol. The van der Waals surface area contributed by atoms with Crippen molar-refractivity contribution in [3.05, 3.63) is 41.0 Å². The van der Waals surface area contributed by atoms with Crippen molar-refractivity contribution in [3.8, 4) is 17.5 Å². The van der Waals surface area contributed by atoms with Gasteiger partial charge in [-0.15, -0.1) is 11.3 Å². The van der Waals surface area contributed by atoms with Crippen molar-refractivity contribution < 1.29 is 14.7 Å². The molecule has 2 aromatic heterocycles. The molecule has 0 radical (unpaired) electrons. The van der Waals surface area contributed by atoms with Crippen LogP contribution in [-0.2, 0) is 4.79 Å². The summed E-state index contributed by atoms with van der Waals surface area (Å²) in [4.78, 5) is 29.3. The second-order valence-electron chi connectivity index (χ2n) is 6.27. The van der Waals surface area contributed by atoms with Gasteiger partial charge in [-0.3, -0.25) is 9.59 Å². The van der Waals surface area contributed by atoms with Gasteiger partial charge in [-0.2, -0.15) is 5.10 Å². The van der Waals surface area contributed by atoms with Gasteiger partial charge in [0.05, 0.1) is 11.2 Å². The van der Waals surface area contributed by atoms with E-state index >= 15 is 0 Å².